The Hall–Kier alpha value is -2.69. The normalized spacial score (nSPS) is 11.6. The predicted octanol–water partition coefficient (Wildman–Crippen LogP) is 3.88. The van der Waals surface area contributed by atoms with Gasteiger partial charge in [0.1, 0.15) is 0 Å². The van der Waals surface area contributed by atoms with Gasteiger partial charge in [-0.3, -0.25) is 0 Å². The first kappa shape index (κ1) is 18.6. The van der Waals surface area contributed by atoms with Crippen LogP contribution < -0.4 is 20.1 Å². The van der Waals surface area contributed by atoms with Crippen LogP contribution in [0.5, 0.6) is 11.5 Å². The zero-order valence-corrected chi connectivity index (χ0v) is 15.5. The molecule has 25 heavy (non-hydrogen) atoms. The summed E-state index contributed by atoms with van der Waals surface area (Å²) < 4.78 is 10.5. The molecule has 0 aliphatic carbocycles. The smallest absolute Gasteiger partial charge is 0.315 e. The summed E-state index contributed by atoms with van der Waals surface area (Å²) in [7, 11) is 3.19. The topological polar surface area (TPSA) is 59.6 Å². The van der Waals surface area contributed by atoms with E-state index in [9.17, 15) is 4.79 Å². The molecule has 0 saturated carbocycles. The minimum Gasteiger partial charge on any atom is -0.493 e. The maximum atomic E-state index is 12.2. The van der Waals surface area contributed by atoms with E-state index in [2.05, 4.69) is 42.7 Å². The Morgan fingerprint density at radius 2 is 1.64 bits per heavy atom. The number of methoxy groups -OCH3 is 2. The number of benzene rings is 2. The fraction of sp³-hybridized carbons (Fsp3) is 0.350. The van der Waals surface area contributed by atoms with E-state index in [0.717, 1.165) is 11.1 Å². The van der Waals surface area contributed by atoms with Crippen molar-refractivity contribution < 1.29 is 14.3 Å². The van der Waals surface area contributed by atoms with Gasteiger partial charge < -0.3 is 20.1 Å². The number of hydrogen-bond donors (Lipinski definition) is 2. The predicted molar refractivity (Wildman–Crippen MR) is 99.2 cm³/mol. The number of aryl methyl sites for hydroxylation is 2. The Morgan fingerprint density at radius 1 is 1.00 bits per heavy atom. The maximum Gasteiger partial charge on any atom is 0.315 e. The zero-order chi connectivity index (χ0) is 18.4. The Labute approximate surface area is 149 Å². The van der Waals surface area contributed by atoms with Crippen LogP contribution in [0.25, 0.3) is 0 Å². The molecule has 0 radical (unpaired) electrons. The van der Waals surface area contributed by atoms with Gasteiger partial charge in [-0.1, -0.05) is 35.4 Å². The molecular weight excluding hydrogens is 316 g/mol. The van der Waals surface area contributed by atoms with Crippen molar-refractivity contribution in [3.63, 3.8) is 0 Å². The number of nitrogens with one attached hydrogen (secondary N) is 2. The fourth-order valence-electron chi connectivity index (χ4n) is 2.76. The van der Waals surface area contributed by atoms with Crippen LogP contribution in [0.1, 0.15) is 35.2 Å². The van der Waals surface area contributed by atoms with Crippen molar-refractivity contribution in [3.8, 4) is 11.5 Å². The van der Waals surface area contributed by atoms with E-state index in [1.807, 2.05) is 25.1 Å². The van der Waals surface area contributed by atoms with E-state index < -0.39 is 0 Å². The molecule has 0 aromatic heterocycles. The third kappa shape index (κ3) is 5.14. The van der Waals surface area contributed by atoms with Crippen molar-refractivity contribution in [2.75, 3.05) is 14.2 Å². The molecule has 0 aliphatic rings. The summed E-state index contributed by atoms with van der Waals surface area (Å²) in [6, 6.07) is 11.6. The Kier molecular flexibility index (Phi) is 6.28. The minimum absolute atomic E-state index is 0.0657. The van der Waals surface area contributed by atoms with Gasteiger partial charge >= 0.3 is 6.03 Å². The first-order valence-corrected chi connectivity index (χ1v) is 8.26. The molecule has 1 unspecified atom stereocenters. The van der Waals surface area contributed by atoms with Crippen LogP contribution in [0.3, 0.4) is 0 Å². The van der Waals surface area contributed by atoms with Gasteiger partial charge in [0, 0.05) is 6.54 Å². The highest BCUT2D eigenvalue weighted by Crippen LogP contribution is 2.27. The first-order valence-electron chi connectivity index (χ1n) is 8.26. The number of rotatable bonds is 6. The summed E-state index contributed by atoms with van der Waals surface area (Å²) in [5.41, 5.74) is 4.41. The van der Waals surface area contributed by atoms with Crippen molar-refractivity contribution in [2.45, 2.75) is 33.4 Å². The highest BCUT2D eigenvalue weighted by molar-refractivity contribution is 5.74. The molecule has 2 amide bonds. The van der Waals surface area contributed by atoms with Crippen LogP contribution in [0.4, 0.5) is 4.79 Å². The van der Waals surface area contributed by atoms with Crippen molar-refractivity contribution in [3.05, 3.63) is 58.7 Å². The summed E-state index contributed by atoms with van der Waals surface area (Å²) >= 11 is 0. The average Bonchev–Trinajstić information content (AvgIpc) is 2.58. The van der Waals surface area contributed by atoms with Gasteiger partial charge in [0.15, 0.2) is 11.5 Å². The third-order valence-electron chi connectivity index (χ3n) is 3.99. The van der Waals surface area contributed by atoms with E-state index >= 15 is 0 Å². The lowest BCUT2D eigenvalue weighted by Crippen LogP contribution is -2.36. The molecule has 2 rings (SSSR count). The molecule has 134 valence electrons. The first-order chi connectivity index (χ1) is 11.9. The molecule has 0 bridgehead atoms. The molecule has 1 atom stereocenters. The Morgan fingerprint density at radius 3 is 2.24 bits per heavy atom. The highest BCUT2D eigenvalue weighted by atomic mass is 16.5. The second-order valence-electron chi connectivity index (χ2n) is 6.16. The SMILES string of the molecule is COc1ccc(CNC(=O)NC(C)c2cc(C)cc(C)c2)cc1OC. The van der Waals surface area contributed by atoms with E-state index in [4.69, 9.17) is 9.47 Å². The van der Waals surface area contributed by atoms with Crippen LogP contribution in [-0.4, -0.2) is 20.3 Å². The molecular formula is C20H26N2O3. The van der Waals surface area contributed by atoms with Crippen molar-refractivity contribution in [1.82, 2.24) is 10.6 Å². The Balaban J connectivity index is 1.94. The third-order valence-corrected chi connectivity index (χ3v) is 3.99. The second kappa shape index (κ2) is 8.42. The number of urea groups is 1. The van der Waals surface area contributed by atoms with Gasteiger partial charge in [-0.2, -0.15) is 0 Å². The summed E-state index contributed by atoms with van der Waals surface area (Å²) in [5, 5.41) is 5.84. The maximum absolute atomic E-state index is 12.2. The minimum atomic E-state index is -0.207. The average molecular weight is 342 g/mol. The summed E-state index contributed by atoms with van der Waals surface area (Å²) in [5.74, 6) is 1.31. The van der Waals surface area contributed by atoms with Gasteiger partial charge in [-0.25, -0.2) is 4.79 Å². The molecule has 2 N–H and O–H groups in total. The van der Waals surface area contributed by atoms with Crippen molar-refractivity contribution >= 4 is 6.03 Å². The Bertz CT molecular complexity index is 723. The van der Waals surface area contributed by atoms with E-state index in [1.54, 1.807) is 14.2 Å². The molecule has 0 heterocycles. The van der Waals surface area contributed by atoms with Crippen molar-refractivity contribution in [2.24, 2.45) is 0 Å². The quantitative estimate of drug-likeness (QED) is 0.837. The summed E-state index contributed by atoms with van der Waals surface area (Å²) in [6.07, 6.45) is 0. The second-order valence-corrected chi connectivity index (χ2v) is 6.16. The van der Waals surface area contributed by atoms with Gasteiger partial charge in [-0.15, -0.1) is 0 Å². The lowest BCUT2D eigenvalue weighted by atomic mass is 10.0. The molecule has 0 aliphatic heterocycles. The monoisotopic (exact) mass is 342 g/mol. The molecule has 2 aromatic rings. The largest absolute Gasteiger partial charge is 0.493 e. The molecule has 2 aromatic carbocycles. The zero-order valence-electron chi connectivity index (χ0n) is 15.5. The van der Waals surface area contributed by atoms with Crippen LogP contribution in [0.15, 0.2) is 36.4 Å². The van der Waals surface area contributed by atoms with Gasteiger partial charge in [-0.05, 0) is 44.0 Å². The van der Waals surface area contributed by atoms with Gasteiger partial charge in [0.2, 0.25) is 0 Å². The van der Waals surface area contributed by atoms with Crippen LogP contribution in [0, 0.1) is 13.8 Å². The summed E-state index contributed by atoms with van der Waals surface area (Å²) in [4.78, 5) is 12.2. The number of amides is 2. The van der Waals surface area contributed by atoms with Gasteiger partial charge in [0.05, 0.1) is 20.3 Å². The van der Waals surface area contributed by atoms with Crippen LogP contribution in [-0.2, 0) is 6.54 Å². The molecule has 0 fully saturated rings. The van der Waals surface area contributed by atoms with Crippen molar-refractivity contribution in [1.29, 1.82) is 0 Å². The standard InChI is InChI=1S/C20H26N2O3/c1-13-8-14(2)10-17(9-13)15(3)22-20(23)21-12-16-6-7-18(24-4)19(11-16)25-5/h6-11,15H,12H2,1-5H3,(H2,21,22,23). The lowest BCUT2D eigenvalue weighted by molar-refractivity contribution is 0.237. The number of hydrogen-bond acceptors (Lipinski definition) is 3. The molecule has 0 spiro atoms. The molecule has 5 heteroatoms. The molecule has 0 saturated heterocycles. The van der Waals surface area contributed by atoms with Crippen LogP contribution in [0.2, 0.25) is 0 Å². The molecule has 5 nitrogen and oxygen atoms in total. The van der Waals surface area contributed by atoms with Crippen LogP contribution >= 0.6 is 0 Å². The fourth-order valence-corrected chi connectivity index (χ4v) is 2.76. The number of ether oxygens (including phenoxy) is 2. The van der Waals surface area contributed by atoms with E-state index in [-0.39, 0.29) is 12.1 Å². The number of carbonyl (C=O) groups excluding carboxylic acids is 1. The summed E-state index contributed by atoms with van der Waals surface area (Å²) in [6.45, 7) is 6.50. The lowest BCUT2D eigenvalue weighted by Gasteiger charge is -2.17. The van der Waals surface area contributed by atoms with Gasteiger partial charge in [0.25, 0.3) is 0 Å². The number of carbonyl (C=O) groups is 1. The van der Waals surface area contributed by atoms with E-state index in [0.29, 0.717) is 18.0 Å². The highest BCUT2D eigenvalue weighted by Gasteiger charge is 2.11. The van der Waals surface area contributed by atoms with E-state index in [1.165, 1.54) is 11.1 Å².